The van der Waals surface area contributed by atoms with E-state index in [0.29, 0.717) is 12.6 Å². The molecule has 5 heteroatoms. The molecule has 0 atom stereocenters. The van der Waals surface area contributed by atoms with Crippen molar-refractivity contribution in [1.29, 1.82) is 0 Å². The number of thiocarbonyl (C=S) groups is 1. The summed E-state index contributed by atoms with van der Waals surface area (Å²) in [5.74, 6) is 0. The van der Waals surface area contributed by atoms with E-state index in [2.05, 4.69) is 65.4 Å². The molecule has 0 unspecified atom stereocenters. The van der Waals surface area contributed by atoms with Gasteiger partial charge in [0.2, 0.25) is 0 Å². The van der Waals surface area contributed by atoms with Gasteiger partial charge >= 0.3 is 0 Å². The van der Waals surface area contributed by atoms with Crippen LogP contribution in [0, 0.1) is 13.8 Å². The van der Waals surface area contributed by atoms with E-state index >= 15 is 0 Å². The van der Waals surface area contributed by atoms with Crippen molar-refractivity contribution in [2.75, 3.05) is 6.54 Å². The van der Waals surface area contributed by atoms with E-state index in [1.54, 1.807) is 0 Å². The highest BCUT2D eigenvalue weighted by molar-refractivity contribution is 7.80. The molecule has 4 rings (SSSR count). The molecule has 1 heterocycles. The van der Waals surface area contributed by atoms with Gasteiger partial charge in [-0.25, -0.2) is 0 Å². The summed E-state index contributed by atoms with van der Waals surface area (Å²) in [6, 6.07) is 17.1. The number of rotatable bonds is 6. The van der Waals surface area contributed by atoms with E-state index in [4.69, 9.17) is 12.2 Å². The van der Waals surface area contributed by atoms with E-state index in [-0.39, 0.29) is 5.56 Å². The molecule has 0 aliphatic heterocycles. The van der Waals surface area contributed by atoms with Crippen LogP contribution in [0.1, 0.15) is 54.4 Å². The first-order chi connectivity index (χ1) is 15.5. The average Bonchev–Trinajstić information content (AvgIpc) is 2.82. The fourth-order valence-corrected chi connectivity index (χ4v) is 5.01. The van der Waals surface area contributed by atoms with Gasteiger partial charge in [0.1, 0.15) is 0 Å². The van der Waals surface area contributed by atoms with E-state index < -0.39 is 0 Å². The molecular formula is C27H33N3OS. The van der Waals surface area contributed by atoms with Gasteiger partial charge in [0.25, 0.3) is 5.56 Å². The third-order valence-corrected chi connectivity index (χ3v) is 7.16. The normalized spacial score (nSPS) is 14.4. The zero-order valence-corrected chi connectivity index (χ0v) is 19.9. The number of H-pyrrole nitrogens is 1. The van der Waals surface area contributed by atoms with Crippen LogP contribution >= 0.6 is 12.2 Å². The Morgan fingerprint density at radius 1 is 1.09 bits per heavy atom. The first-order valence-electron chi connectivity index (χ1n) is 11.7. The van der Waals surface area contributed by atoms with Crippen LogP contribution in [0.2, 0.25) is 0 Å². The van der Waals surface area contributed by atoms with Crippen LogP contribution in [0.5, 0.6) is 0 Å². The van der Waals surface area contributed by atoms with Gasteiger partial charge in [-0.15, -0.1) is 0 Å². The molecular weight excluding hydrogens is 414 g/mol. The molecule has 32 heavy (non-hydrogen) atoms. The molecule has 1 fully saturated rings. The van der Waals surface area contributed by atoms with E-state index in [0.717, 1.165) is 52.9 Å². The minimum absolute atomic E-state index is 0.0147. The summed E-state index contributed by atoms with van der Waals surface area (Å²) in [6.07, 6.45) is 6.91. The highest BCUT2D eigenvalue weighted by Gasteiger charge is 2.24. The molecule has 1 aliphatic carbocycles. The number of fused-ring (bicyclic) bond motifs is 1. The Labute approximate surface area is 196 Å². The molecule has 0 spiro atoms. The van der Waals surface area contributed by atoms with E-state index in [1.807, 2.05) is 12.1 Å². The molecule has 4 nitrogen and oxygen atoms in total. The van der Waals surface area contributed by atoms with Gasteiger partial charge in [-0.2, -0.15) is 0 Å². The van der Waals surface area contributed by atoms with Crippen LogP contribution in [0.4, 0.5) is 0 Å². The van der Waals surface area contributed by atoms with Crippen molar-refractivity contribution in [2.24, 2.45) is 0 Å². The van der Waals surface area contributed by atoms with Crippen molar-refractivity contribution >= 4 is 28.2 Å². The molecule has 3 aromatic rings. The second-order valence-electron chi connectivity index (χ2n) is 8.98. The lowest BCUT2D eigenvalue weighted by molar-refractivity contribution is 0.234. The maximum Gasteiger partial charge on any atom is 0.253 e. The number of hydrogen-bond donors (Lipinski definition) is 2. The van der Waals surface area contributed by atoms with Gasteiger partial charge in [-0.3, -0.25) is 4.79 Å². The van der Waals surface area contributed by atoms with E-state index in [9.17, 15) is 4.79 Å². The fraction of sp³-hybridized carbons (Fsp3) is 0.407. The smallest absolute Gasteiger partial charge is 0.253 e. The Morgan fingerprint density at radius 3 is 2.59 bits per heavy atom. The topological polar surface area (TPSA) is 48.1 Å². The Kier molecular flexibility index (Phi) is 7.26. The van der Waals surface area contributed by atoms with Crippen molar-refractivity contribution in [3.05, 3.63) is 81.1 Å². The summed E-state index contributed by atoms with van der Waals surface area (Å²) in [4.78, 5) is 18.4. The first kappa shape index (κ1) is 22.5. The first-order valence-corrected chi connectivity index (χ1v) is 12.1. The lowest BCUT2D eigenvalue weighted by Gasteiger charge is -2.36. The minimum atomic E-state index is -0.0147. The van der Waals surface area contributed by atoms with Gasteiger partial charge in [-0.1, -0.05) is 61.7 Å². The molecule has 0 amide bonds. The zero-order chi connectivity index (χ0) is 22.5. The van der Waals surface area contributed by atoms with Gasteiger partial charge in [-0.05, 0) is 73.5 Å². The number of aryl methyl sites for hydroxylation is 2. The Balaban J connectivity index is 1.54. The van der Waals surface area contributed by atoms with Crippen molar-refractivity contribution < 1.29 is 0 Å². The second kappa shape index (κ2) is 10.3. The van der Waals surface area contributed by atoms with Crippen molar-refractivity contribution in [1.82, 2.24) is 15.2 Å². The maximum absolute atomic E-state index is 13.0. The lowest BCUT2D eigenvalue weighted by Crippen LogP contribution is -2.47. The molecule has 1 saturated carbocycles. The van der Waals surface area contributed by atoms with Crippen LogP contribution in [-0.2, 0) is 13.0 Å². The molecule has 168 valence electrons. The second-order valence-corrected chi connectivity index (χ2v) is 9.37. The van der Waals surface area contributed by atoms with Gasteiger partial charge in [0.15, 0.2) is 5.11 Å². The number of aromatic amines is 1. The number of nitrogens with zero attached hydrogens (tertiary/aromatic N) is 1. The lowest BCUT2D eigenvalue weighted by atomic mass is 9.94. The summed E-state index contributed by atoms with van der Waals surface area (Å²) >= 11 is 5.85. The standard InChI is InChI=1S/C27H33N3OS/c1-19-13-14-22-17-23(26(31)29-25(22)20(19)2)18-30(24-11-7-4-8-12-24)27(32)28-16-15-21-9-5-3-6-10-21/h3,5-6,9-10,13-14,17,24H,4,7-8,11-12,15-16,18H2,1-2H3,(H,28,32)(H,29,31). The Bertz CT molecular complexity index is 1130. The van der Waals surface area contributed by atoms with Crippen LogP contribution in [0.3, 0.4) is 0 Å². The predicted octanol–water partition coefficient (Wildman–Crippen LogP) is 5.40. The van der Waals surface area contributed by atoms with Crippen molar-refractivity contribution in [3.8, 4) is 0 Å². The van der Waals surface area contributed by atoms with Crippen LogP contribution < -0.4 is 10.9 Å². The summed E-state index contributed by atoms with van der Waals surface area (Å²) < 4.78 is 0. The van der Waals surface area contributed by atoms with Crippen molar-refractivity contribution in [3.63, 3.8) is 0 Å². The third-order valence-electron chi connectivity index (χ3n) is 6.78. The fourth-order valence-electron chi connectivity index (χ4n) is 4.69. The molecule has 0 saturated heterocycles. The molecule has 0 radical (unpaired) electrons. The van der Waals surface area contributed by atoms with Crippen LogP contribution in [-0.4, -0.2) is 27.6 Å². The van der Waals surface area contributed by atoms with Crippen LogP contribution in [0.25, 0.3) is 10.9 Å². The number of nitrogens with one attached hydrogen (secondary N) is 2. The summed E-state index contributed by atoms with van der Waals surface area (Å²) in [6.45, 7) is 5.47. The SMILES string of the molecule is Cc1ccc2cc(CN(C(=S)NCCc3ccccc3)C3CCCCC3)c(=O)[nH]c2c1C. The number of aromatic nitrogens is 1. The molecule has 1 aromatic heterocycles. The summed E-state index contributed by atoms with van der Waals surface area (Å²) in [5, 5.41) is 5.30. The Hall–Kier alpha value is -2.66. The average molecular weight is 448 g/mol. The molecule has 2 N–H and O–H groups in total. The Morgan fingerprint density at radius 2 is 1.84 bits per heavy atom. The minimum Gasteiger partial charge on any atom is -0.362 e. The van der Waals surface area contributed by atoms with Crippen LogP contribution in [0.15, 0.2) is 53.3 Å². The van der Waals surface area contributed by atoms with Gasteiger partial charge in [0, 0.05) is 18.2 Å². The quantitative estimate of drug-likeness (QED) is 0.497. The zero-order valence-electron chi connectivity index (χ0n) is 19.1. The summed E-state index contributed by atoms with van der Waals surface area (Å²) in [5.41, 5.74) is 5.31. The number of pyridine rings is 1. The molecule has 2 aromatic carbocycles. The summed E-state index contributed by atoms with van der Waals surface area (Å²) in [7, 11) is 0. The molecule has 1 aliphatic rings. The molecule has 0 bridgehead atoms. The third kappa shape index (κ3) is 5.21. The largest absolute Gasteiger partial charge is 0.362 e. The maximum atomic E-state index is 13.0. The van der Waals surface area contributed by atoms with Gasteiger partial charge in [0.05, 0.1) is 12.1 Å². The number of benzene rings is 2. The monoisotopic (exact) mass is 447 g/mol. The van der Waals surface area contributed by atoms with Gasteiger partial charge < -0.3 is 15.2 Å². The van der Waals surface area contributed by atoms with Crippen molar-refractivity contribution in [2.45, 2.75) is 65.0 Å². The highest BCUT2D eigenvalue weighted by Crippen LogP contribution is 2.25. The highest BCUT2D eigenvalue weighted by atomic mass is 32.1. The predicted molar refractivity (Wildman–Crippen MR) is 137 cm³/mol. The van der Waals surface area contributed by atoms with E-state index in [1.165, 1.54) is 30.4 Å². The number of hydrogen-bond acceptors (Lipinski definition) is 2.